The van der Waals surface area contributed by atoms with Gasteiger partial charge < -0.3 is 0 Å². The van der Waals surface area contributed by atoms with Gasteiger partial charge in [-0.2, -0.15) is 0 Å². The Bertz CT molecular complexity index is 141. The fourth-order valence-corrected chi connectivity index (χ4v) is 5.20. The molecule has 0 saturated carbocycles. The third kappa shape index (κ3) is 10.6. The molecule has 2 atom stereocenters. The Kier molecular flexibility index (Phi) is 14.7. The molecule has 0 unspecified atom stereocenters. The lowest BCUT2D eigenvalue weighted by Crippen LogP contribution is -2.03. The van der Waals surface area contributed by atoms with Gasteiger partial charge in [0.15, 0.2) is 0 Å². The van der Waals surface area contributed by atoms with E-state index in [0.717, 1.165) is 11.8 Å². The molecule has 0 aliphatic carbocycles. The summed E-state index contributed by atoms with van der Waals surface area (Å²) in [6.45, 7) is 9.30. The van der Waals surface area contributed by atoms with Crippen molar-refractivity contribution in [2.45, 2.75) is 79.1 Å². The van der Waals surface area contributed by atoms with Gasteiger partial charge in [0.2, 0.25) is 0 Å². The predicted octanol–water partition coefficient (Wildman–Crippen LogP) is 6.80. The molecule has 0 saturated heterocycles. The Hall–Kier alpha value is 0.700. The van der Waals surface area contributed by atoms with Crippen molar-refractivity contribution in [3.63, 3.8) is 0 Å². The molecule has 18 heavy (non-hydrogen) atoms. The molecular formula is C16H34S2. The van der Waals surface area contributed by atoms with Crippen molar-refractivity contribution in [1.82, 2.24) is 0 Å². The van der Waals surface area contributed by atoms with E-state index in [1.54, 1.807) is 0 Å². The van der Waals surface area contributed by atoms with Crippen LogP contribution < -0.4 is 0 Å². The monoisotopic (exact) mass is 290 g/mol. The maximum atomic E-state index is 2.35. The molecule has 0 aromatic heterocycles. The summed E-state index contributed by atoms with van der Waals surface area (Å²) in [5.74, 6) is 4.65. The Morgan fingerprint density at radius 1 is 0.667 bits per heavy atom. The standard InChI is InChI=1S/C16H34S2/c1-5-9-11-15(7-3)13-17-18-14-16(8-4)12-10-6-2/h15-16H,5-14H2,1-4H3/t15-,16+. The second-order valence-electron chi connectivity index (χ2n) is 5.40. The average Bonchev–Trinajstić information content (AvgIpc) is 2.41. The topological polar surface area (TPSA) is 0 Å². The Morgan fingerprint density at radius 2 is 1.06 bits per heavy atom. The van der Waals surface area contributed by atoms with E-state index in [-0.39, 0.29) is 0 Å². The van der Waals surface area contributed by atoms with E-state index in [4.69, 9.17) is 0 Å². The molecule has 0 fully saturated rings. The Morgan fingerprint density at radius 3 is 1.33 bits per heavy atom. The fourth-order valence-electron chi connectivity index (χ4n) is 2.08. The molecule has 0 aromatic rings. The Labute approximate surface area is 124 Å². The minimum absolute atomic E-state index is 0.957. The first-order valence-corrected chi connectivity index (χ1v) is 10.5. The maximum absolute atomic E-state index is 2.35. The van der Waals surface area contributed by atoms with Gasteiger partial charge in [-0.1, -0.05) is 87.8 Å². The zero-order valence-electron chi connectivity index (χ0n) is 13.0. The first kappa shape index (κ1) is 18.7. The van der Waals surface area contributed by atoms with Crippen molar-refractivity contribution >= 4 is 21.6 Å². The van der Waals surface area contributed by atoms with Crippen molar-refractivity contribution in [1.29, 1.82) is 0 Å². The van der Waals surface area contributed by atoms with Crippen LogP contribution in [0.5, 0.6) is 0 Å². The van der Waals surface area contributed by atoms with Crippen molar-refractivity contribution < 1.29 is 0 Å². The highest BCUT2D eigenvalue weighted by molar-refractivity contribution is 8.76. The SMILES string of the molecule is CCCC[C@@H](CC)CSSC[C@@H](CC)CCCC. The van der Waals surface area contributed by atoms with Crippen molar-refractivity contribution in [2.75, 3.05) is 11.5 Å². The highest BCUT2D eigenvalue weighted by Crippen LogP contribution is 2.31. The molecule has 0 nitrogen and oxygen atoms in total. The van der Waals surface area contributed by atoms with Gasteiger partial charge in [0.05, 0.1) is 0 Å². The van der Waals surface area contributed by atoms with Crippen LogP contribution in [0.4, 0.5) is 0 Å². The van der Waals surface area contributed by atoms with Gasteiger partial charge in [-0.05, 0) is 24.7 Å². The average molecular weight is 291 g/mol. The van der Waals surface area contributed by atoms with Gasteiger partial charge in [0.1, 0.15) is 0 Å². The summed E-state index contributed by atoms with van der Waals surface area (Å²) in [4.78, 5) is 0. The molecule has 0 N–H and O–H groups in total. The van der Waals surface area contributed by atoms with Crippen LogP contribution >= 0.6 is 21.6 Å². The van der Waals surface area contributed by atoms with E-state index in [0.29, 0.717) is 0 Å². The summed E-state index contributed by atoms with van der Waals surface area (Å²) < 4.78 is 0. The van der Waals surface area contributed by atoms with Gasteiger partial charge in [0.25, 0.3) is 0 Å². The van der Waals surface area contributed by atoms with Crippen molar-refractivity contribution in [3.8, 4) is 0 Å². The van der Waals surface area contributed by atoms with E-state index < -0.39 is 0 Å². The zero-order valence-corrected chi connectivity index (χ0v) is 14.7. The van der Waals surface area contributed by atoms with Crippen LogP contribution in [-0.4, -0.2) is 11.5 Å². The molecule has 0 aliphatic heterocycles. The molecule has 110 valence electrons. The summed E-state index contributed by atoms with van der Waals surface area (Å²) in [6.07, 6.45) is 11.1. The largest absolute Gasteiger partial charge is 0.0939 e. The van der Waals surface area contributed by atoms with E-state index in [2.05, 4.69) is 49.3 Å². The van der Waals surface area contributed by atoms with Crippen LogP contribution in [0.25, 0.3) is 0 Å². The molecule has 0 aliphatic rings. The highest BCUT2D eigenvalue weighted by atomic mass is 33.1. The third-order valence-corrected chi connectivity index (χ3v) is 6.48. The van der Waals surface area contributed by atoms with Crippen molar-refractivity contribution in [3.05, 3.63) is 0 Å². The van der Waals surface area contributed by atoms with Gasteiger partial charge in [-0.3, -0.25) is 0 Å². The van der Waals surface area contributed by atoms with E-state index in [9.17, 15) is 0 Å². The number of hydrogen-bond acceptors (Lipinski definition) is 2. The first-order chi connectivity index (χ1) is 8.78. The highest BCUT2D eigenvalue weighted by Gasteiger charge is 2.09. The number of hydrogen-bond donors (Lipinski definition) is 0. The molecular weight excluding hydrogens is 256 g/mol. The molecule has 0 heterocycles. The normalized spacial score (nSPS) is 14.7. The lowest BCUT2D eigenvalue weighted by Gasteiger charge is -2.16. The van der Waals surface area contributed by atoms with E-state index in [1.165, 1.54) is 62.9 Å². The lowest BCUT2D eigenvalue weighted by molar-refractivity contribution is 0.499. The molecule has 0 amide bonds. The maximum Gasteiger partial charge on any atom is 0.00652 e. The smallest absolute Gasteiger partial charge is 0.00652 e. The molecule has 0 spiro atoms. The lowest BCUT2D eigenvalue weighted by atomic mass is 10.0. The fraction of sp³-hybridized carbons (Fsp3) is 1.00. The van der Waals surface area contributed by atoms with Crippen LogP contribution in [0.3, 0.4) is 0 Å². The zero-order chi connectivity index (χ0) is 13.6. The summed E-state index contributed by atoms with van der Waals surface area (Å²) in [5.41, 5.74) is 0. The third-order valence-electron chi connectivity index (χ3n) is 3.78. The predicted molar refractivity (Wildman–Crippen MR) is 91.5 cm³/mol. The van der Waals surface area contributed by atoms with Gasteiger partial charge in [0, 0.05) is 11.5 Å². The minimum Gasteiger partial charge on any atom is -0.0939 e. The molecule has 0 radical (unpaired) electrons. The van der Waals surface area contributed by atoms with Crippen LogP contribution in [0.15, 0.2) is 0 Å². The first-order valence-electron chi connectivity index (χ1n) is 8.02. The molecule has 0 bridgehead atoms. The summed E-state index contributed by atoms with van der Waals surface area (Å²) in [5, 5.41) is 0. The van der Waals surface area contributed by atoms with Gasteiger partial charge >= 0.3 is 0 Å². The molecule has 2 heteroatoms. The summed E-state index contributed by atoms with van der Waals surface area (Å²) in [6, 6.07) is 0. The van der Waals surface area contributed by atoms with Gasteiger partial charge in [-0.25, -0.2) is 0 Å². The van der Waals surface area contributed by atoms with Crippen molar-refractivity contribution in [2.24, 2.45) is 11.8 Å². The van der Waals surface area contributed by atoms with Crippen LogP contribution in [0, 0.1) is 11.8 Å². The second kappa shape index (κ2) is 14.1. The summed E-state index contributed by atoms with van der Waals surface area (Å²) in [7, 11) is 4.26. The van der Waals surface area contributed by atoms with Gasteiger partial charge in [-0.15, -0.1) is 0 Å². The number of unbranched alkanes of at least 4 members (excludes halogenated alkanes) is 2. The summed E-state index contributed by atoms with van der Waals surface area (Å²) >= 11 is 0. The van der Waals surface area contributed by atoms with E-state index in [1.807, 2.05) is 0 Å². The van der Waals surface area contributed by atoms with Crippen LogP contribution in [0.2, 0.25) is 0 Å². The quantitative estimate of drug-likeness (QED) is 0.270. The van der Waals surface area contributed by atoms with E-state index >= 15 is 0 Å². The van der Waals surface area contributed by atoms with Crippen LogP contribution in [-0.2, 0) is 0 Å². The molecule has 0 rings (SSSR count). The molecule has 0 aromatic carbocycles. The van der Waals surface area contributed by atoms with Crippen LogP contribution in [0.1, 0.15) is 79.1 Å². The second-order valence-corrected chi connectivity index (χ2v) is 7.95. The minimum atomic E-state index is 0.957. The Balaban J connectivity index is 3.55. The number of rotatable bonds is 13.